The van der Waals surface area contributed by atoms with Crippen LogP contribution in [0.3, 0.4) is 0 Å². The molecule has 0 fully saturated rings. The fourth-order valence-corrected chi connectivity index (χ4v) is 4.18. The molecule has 1 heterocycles. The van der Waals surface area contributed by atoms with Crippen molar-refractivity contribution in [3.63, 3.8) is 0 Å². The second-order valence-corrected chi connectivity index (χ2v) is 7.63. The van der Waals surface area contributed by atoms with E-state index in [4.69, 9.17) is 4.74 Å². The lowest BCUT2D eigenvalue weighted by molar-refractivity contribution is -0.0976. The zero-order valence-electron chi connectivity index (χ0n) is 12.9. The molecule has 0 spiro atoms. The van der Waals surface area contributed by atoms with Crippen molar-refractivity contribution in [1.29, 1.82) is 0 Å². The van der Waals surface area contributed by atoms with Gasteiger partial charge in [0.05, 0.1) is 17.4 Å². The summed E-state index contributed by atoms with van der Waals surface area (Å²) in [5.41, 5.74) is 0.419. The molecular formula is C14H22F2O3S2. The van der Waals surface area contributed by atoms with Crippen LogP contribution in [-0.4, -0.2) is 28.1 Å². The quantitative estimate of drug-likeness (QED) is 0.907. The van der Waals surface area contributed by atoms with E-state index in [0.717, 1.165) is 11.3 Å². The van der Waals surface area contributed by atoms with Crippen molar-refractivity contribution >= 4 is 22.1 Å². The van der Waals surface area contributed by atoms with E-state index in [-0.39, 0.29) is 11.5 Å². The molecule has 0 bridgehead atoms. The molecule has 2 unspecified atom stereocenters. The van der Waals surface area contributed by atoms with E-state index in [2.05, 4.69) is 0 Å². The Hall–Kier alpha value is -0.530. The Morgan fingerprint density at radius 2 is 2.05 bits per heavy atom. The Morgan fingerprint density at radius 1 is 1.48 bits per heavy atom. The minimum Gasteiger partial charge on any atom is -0.483 e. The van der Waals surface area contributed by atoms with Gasteiger partial charge < -0.3 is 9.84 Å². The van der Waals surface area contributed by atoms with Gasteiger partial charge in [0, 0.05) is 23.8 Å². The Morgan fingerprint density at radius 3 is 2.52 bits per heavy atom. The lowest BCUT2D eigenvalue weighted by atomic mass is 10.2. The number of aliphatic hydroxyl groups excluding tert-OH is 1. The SMILES string of the molecule is CC.CC(C)COc1sc(S(C)=O)c2c1CC(F)(F)C2O. The fraction of sp³-hybridized carbons (Fsp3) is 0.714. The predicted octanol–water partition coefficient (Wildman–Crippen LogP) is 3.77. The van der Waals surface area contributed by atoms with Crippen LogP contribution in [0.4, 0.5) is 8.78 Å². The van der Waals surface area contributed by atoms with E-state index in [9.17, 15) is 18.1 Å². The zero-order valence-corrected chi connectivity index (χ0v) is 14.5. The summed E-state index contributed by atoms with van der Waals surface area (Å²) in [7, 11) is -1.41. The van der Waals surface area contributed by atoms with Gasteiger partial charge in [-0.05, 0) is 5.92 Å². The predicted molar refractivity (Wildman–Crippen MR) is 81.9 cm³/mol. The highest BCUT2D eigenvalue weighted by Gasteiger charge is 2.51. The number of thiophene rings is 1. The minimum atomic E-state index is -3.21. The molecule has 3 nitrogen and oxygen atoms in total. The molecule has 1 aliphatic rings. The molecule has 2 atom stereocenters. The molecule has 1 aromatic rings. The molecule has 0 amide bonds. The maximum Gasteiger partial charge on any atom is 0.281 e. The van der Waals surface area contributed by atoms with E-state index in [1.54, 1.807) is 0 Å². The lowest BCUT2D eigenvalue weighted by Gasteiger charge is -2.14. The number of rotatable bonds is 4. The molecule has 21 heavy (non-hydrogen) atoms. The zero-order chi connectivity index (χ0) is 16.4. The van der Waals surface area contributed by atoms with Gasteiger partial charge in [-0.15, -0.1) is 0 Å². The van der Waals surface area contributed by atoms with E-state index in [1.807, 2.05) is 27.7 Å². The largest absolute Gasteiger partial charge is 0.483 e. The van der Waals surface area contributed by atoms with Crippen LogP contribution in [0.5, 0.6) is 5.06 Å². The molecule has 0 aliphatic heterocycles. The summed E-state index contributed by atoms with van der Waals surface area (Å²) in [5, 5.41) is 10.1. The van der Waals surface area contributed by atoms with Gasteiger partial charge in [0.25, 0.3) is 5.92 Å². The average Bonchev–Trinajstić information content (AvgIpc) is 2.86. The summed E-state index contributed by atoms with van der Waals surface area (Å²) in [6.45, 7) is 8.32. The third kappa shape index (κ3) is 3.81. The van der Waals surface area contributed by atoms with E-state index in [1.165, 1.54) is 6.26 Å². The number of ether oxygens (including phenoxy) is 1. The lowest BCUT2D eigenvalue weighted by Crippen LogP contribution is -2.22. The first kappa shape index (κ1) is 18.5. The van der Waals surface area contributed by atoms with Crippen molar-refractivity contribution in [3.05, 3.63) is 11.1 Å². The molecule has 122 valence electrons. The van der Waals surface area contributed by atoms with Crippen LogP contribution in [0.15, 0.2) is 4.21 Å². The van der Waals surface area contributed by atoms with Crippen molar-refractivity contribution in [2.75, 3.05) is 12.9 Å². The van der Waals surface area contributed by atoms with E-state index in [0.29, 0.717) is 21.4 Å². The number of hydrogen-bond donors (Lipinski definition) is 1. The molecule has 0 saturated heterocycles. The van der Waals surface area contributed by atoms with Crippen LogP contribution in [0.2, 0.25) is 0 Å². The van der Waals surface area contributed by atoms with E-state index >= 15 is 0 Å². The molecule has 0 aromatic carbocycles. The molecule has 0 saturated carbocycles. The van der Waals surface area contributed by atoms with Gasteiger partial charge in [-0.25, -0.2) is 8.78 Å². The maximum atomic E-state index is 13.6. The topological polar surface area (TPSA) is 46.5 Å². The number of alkyl halides is 2. The molecular weight excluding hydrogens is 318 g/mol. The maximum absolute atomic E-state index is 13.6. The first-order valence-corrected chi connectivity index (χ1v) is 9.29. The first-order chi connectivity index (χ1) is 9.74. The highest BCUT2D eigenvalue weighted by atomic mass is 32.2. The van der Waals surface area contributed by atoms with Gasteiger partial charge in [0.15, 0.2) is 5.06 Å². The second-order valence-electron chi connectivity index (χ2n) is 5.07. The monoisotopic (exact) mass is 340 g/mol. The van der Waals surface area contributed by atoms with Crippen molar-refractivity contribution in [2.24, 2.45) is 5.92 Å². The van der Waals surface area contributed by atoms with Crippen LogP contribution in [0, 0.1) is 5.92 Å². The second kappa shape index (κ2) is 7.15. The summed E-state index contributed by atoms with van der Waals surface area (Å²) in [4.78, 5) is 0. The first-order valence-electron chi connectivity index (χ1n) is 6.91. The smallest absolute Gasteiger partial charge is 0.281 e. The van der Waals surface area contributed by atoms with Gasteiger partial charge >= 0.3 is 0 Å². The molecule has 1 aliphatic carbocycles. The minimum absolute atomic E-state index is 0.106. The highest BCUT2D eigenvalue weighted by molar-refractivity contribution is 7.86. The highest BCUT2D eigenvalue weighted by Crippen LogP contribution is 2.52. The standard InChI is InChI=1S/C12H16F2O3S2.C2H6/c1-6(2)5-17-10-7-4-12(13,14)9(15)8(7)11(18-10)19(3)16;1-2/h6,9,15H,4-5H2,1-3H3;1-2H3. The summed E-state index contributed by atoms with van der Waals surface area (Å²) in [6.07, 6.45) is -1.01. The van der Waals surface area contributed by atoms with Crippen LogP contribution < -0.4 is 4.74 Å². The Bertz CT molecular complexity index is 513. The Kier molecular flexibility index (Phi) is 6.31. The fourth-order valence-electron chi connectivity index (χ4n) is 1.99. The summed E-state index contributed by atoms with van der Waals surface area (Å²) in [5.74, 6) is -2.94. The number of aliphatic hydroxyl groups is 1. The van der Waals surface area contributed by atoms with Crippen molar-refractivity contribution in [3.8, 4) is 5.06 Å². The Balaban J connectivity index is 0.00000106. The van der Waals surface area contributed by atoms with Crippen LogP contribution in [0.25, 0.3) is 0 Å². The number of halogens is 2. The van der Waals surface area contributed by atoms with Crippen molar-refractivity contribution < 1.29 is 22.8 Å². The molecule has 7 heteroatoms. The van der Waals surface area contributed by atoms with Gasteiger partial charge in [-0.3, -0.25) is 4.21 Å². The van der Waals surface area contributed by atoms with Crippen LogP contribution in [0.1, 0.15) is 44.9 Å². The molecule has 0 radical (unpaired) electrons. The van der Waals surface area contributed by atoms with E-state index < -0.39 is 29.2 Å². The number of fused-ring (bicyclic) bond motifs is 1. The van der Waals surface area contributed by atoms with Crippen LogP contribution in [-0.2, 0) is 17.2 Å². The average molecular weight is 340 g/mol. The third-order valence-electron chi connectivity index (χ3n) is 2.87. The van der Waals surface area contributed by atoms with Crippen molar-refractivity contribution in [2.45, 2.75) is 50.4 Å². The van der Waals surface area contributed by atoms with Gasteiger partial charge in [-0.2, -0.15) is 0 Å². The van der Waals surface area contributed by atoms with Crippen molar-refractivity contribution in [1.82, 2.24) is 0 Å². The number of hydrogen-bond acceptors (Lipinski definition) is 4. The van der Waals surface area contributed by atoms with Gasteiger partial charge in [0.2, 0.25) is 0 Å². The normalized spacial score (nSPS) is 20.7. The molecule has 1 aromatic heterocycles. The molecule has 2 rings (SSSR count). The Labute approximate surface area is 130 Å². The van der Waals surface area contributed by atoms with Gasteiger partial charge in [-0.1, -0.05) is 39.0 Å². The summed E-state index contributed by atoms with van der Waals surface area (Å²) in [6, 6.07) is 0. The summed E-state index contributed by atoms with van der Waals surface area (Å²) >= 11 is 1.10. The third-order valence-corrected chi connectivity index (χ3v) is 5.52. The van der Waals surface area contributed by atoms with Crippen LogP contribution >= 0.6 is 11.3 Å². The molecule has 1 N–H and O–H groups in total. The summed E-state index contributed by atoms with van der Waals surface area (Å²) < 4.78 is 44.6. The van der Waals surface area contributed by atoms with Gasteiger partial charge in [0.1, 0.15) is 10.3 Å².